The number of carbonyl (C=O) groups is 1. The number of nitrogens with two attached hydrogens (primary N) is 1. The standard InChI is InChI=1S/C17H35NO2/c1-4-5-6-7-8-9-10-11-12-13-20-17(19)15(2)14-16(3)18/h15-16H,4-14,18H2,1-3H3/t15?,16-/m1/s1/i13D/t13?,15?,16-. The minimum atomic E-state index is -0.715. The maximum Gasteiger partial charge on any atom is 0.308 e. The fourth-order valence-electron chi connectivity index (χ4n) is 2.27. The molecule has 0 aromatic carbocycles. The van der Waals surface area contributed by atoms with E-state index in [1.165, 1.54) is 38.5 Å². The lowest BCUT2D eigenvalue weighted by molar-refractivity contribution is -0.148. The van der Waals surface area contributed by atoms with Gasteiger partial charge >= 0.3 is 5.97 Å². The average Bonchev–Trinajstić information content (AvgIpc) is 2.41. The molecule has 0 bridgehead atoms. The molecule has 0 heterocycles. The van der Waals surface area contributed by atoms with E-state index in [1.807, 2.05) is 13.8 Å². The Labute approximate surface area is 127 Å². The van der Waals surface area contributed by atoms with Crippen molar-refractivity contribution in [2.75, 3.05) is 6.58 Å². The topological polar surface area (TPSA) is 52.3 Å². The maximum absolute atomic E-state index is 11.7. The summed E-state index contributed by atoms with van der Waals surface area (Å²) in [6, 6.07) is -0.00978. The summed E-state index contributed by atoms with van der Waals surface area (Å²) < 4.78 is 12.9. The zero-order valence-electron chi connectivity index (χ0n) is 14.7. The van der Waals surface area contributed by atoms with Crippen molar-refractivity contribution < 1.29 is 10.9 Å². The smallest absolute Gasteiger partial charge is 0.308 e. The molecule has 3 heteroatoms. The molecule has 0 aliphatic carbocycles. The number of hydrogen-bond donors (Lipinski definition) is 1. The van der Waals surface area contributed by atoms with Crippen LogP contribution in [0.2, 0.25) is 0 Å². The molecule has 3 atom stereocenters. The van der Waals surface area contributed by atoms with Crippen LogP contribution in [0.4, 0.5) is 0 Å². The minimum absolute atomic E-state index is 0.00978. The number of hydrogen-bond acceptors (Lipinski definition) is 3. The van der Waals surface area contributed by atoms with E-state index in [0.717, 1.165) is 12.8 Å². The first-order valence-corrected chi connectivity index (χ1v) is 8.35. The molecule has 0 amide bonds. The Balaban J connectivity index is 3.53. The SMILES string of the molecule is [2H]C(CCCCCCCCCC)OC(=O)C(C)C[C@@H](C)N. The molecule has 0 radical (unpaired) electrons. The molecular formula is C17H35NO2. The average molecular weight is 286 g/mol. The highest BCUT2D eigenvalue weighted by molar-refractivity contribution is 5.71. The number of unbranched alkanes of at least 4 members (excludes halogenated alkanes) is 7. The second-order valence-electron chi connectivity index (χ2n) is 5.98. The molecule has 0 aliphatic rings. The molecule has 0 rings (SSSR count). The van der Waals surface area contributed by atoms with E-state index in [-0.39, 0.29) is 17.9 Å². The number of rotatable bonds is 13. The van der Waals surface area contributed by atoms with Gasteiger partial charge in [-0.05, 0) is 19.8 Å². The lowest BCUT2D eigenvalue weighted by atomic mass is 10.0. The zero-order chi connectivity index (χ0) is 16.1. The van der Waals surface area contributed by atoms with Crippen molar-refractivity contribution in [1.82, 2.24) is 0 Å². The molecular weight excluding hydrogens is 250 g/mol. The number of carbonyl (C=O) groups excluding carboxylic acids is 1. The van der Waals surface area contributed by atoms with Crippen molar-refractivity contribution in [2.45, 2.75) is 91.0 Å². The summed E-state index contributed by atoms with van der Waals surface area (Å²) in [6.07, 6.45) is 11.2. The van der Waals surface area contributed by atoms with Crippen LogP contribution in [0, 0.1) is 5.92 Å². The summed E-state index contributed by atoms with van der Waals surface area (Å²) in [6.45, 7) is 5.20. The van der Waals surface area contributed by atoms with Crippen LogP contribution < -0.4 is 5.73 Å². The molecule has 3 nitrogen and oxygen atoms in total. The van der Waals surface area contributed by atoms with Crippen LogP contribution in [-0.4, -0.2) is 18.6 Å². The van der Waals surface area contributed by atoms with Gasteiger partial charge in [0.05, 0.1) is 13.9 Å². The molecule has 0 aromatic rings. The Morgan fingerprint density at radius 3 is 2.05 bits per heavy atom. The van der Waals surface area contributed by atoms with Gasteiger partial charge in [-0.1, -0.05) is 65.2 Å². The second-order valence-corrected chi connectivity index (χ2v) is 5.98. The van der Waals surface area contributed by atoms with Crippen molar-refractivity contribution in [2.24, 2.45) is 11.7 Å². The second kappa shape index (κ2) is 13.4. The lowest BCUT2D eigenvalue weighted by Gasteiger charge is -2.13. The van der Waals surface area contributed by atoms with Gasteiger partial charge in [-0.2, -0.15) is 0 Å². The highest BCUT2D eigenvalue weighted by atomic mass is 16.5. The number of ether oxygens (including phenoxy) is 1. The van der Waals surface area contributed by atoms with Crippen molar-refractivity contribution in [1.29, 1.82) is 0 Å². The third-order valence-electron chi connectivity index (χ3n) is 3.50. The maximum atomic E-state index is 11.7. The van der Waals surface area contributed by atoms with Crippen molar-refractivity contribution in [3.05, 3.63) is 0 Å². The third kappa shape index (κ3) is 12.5. The van der Waals surface area contributed by atoms with E-state index in [0.29, 0.717) is 12.8 Å². The molecule has 0 saturated heterocycles. The van der Waals surface area contributed by atoms with Crippen molar-refractivity contribution >= 4 is 5.97 Å². The van der Waals surface area contributed by atoms with Crippen LogP contribution in [0.25, 0.3) is 0 Å². The molecule has 0 aliphatic heterocycles. The molecule has 0 aromatic heterocycles. The molecule has 0 spiro atoms. The first kappa shape index (κ1) is 17.5. The molecule has 0 saturated carbocycles. The quantitative estimate of drug-likeness (QED) is 0.402. The normalized spacial score (nSPS) is 16.3. The Bertz CT molecular complexity index is 259. The van der Waals surface area contributed by atoms with Crippen LogP contribution in [-0.2, 0) is 9.53 Å². The Morgan fingerprint density at radius 2 is 1.55 bits per heavy atom. The van der Waals surface area contributed by atoms with E-state index in [2.05, 4.69) is 6.92 Å². The predicted octanol–water partition coefficient (Wildman–Crippen LogP) is 4.43. The zero-order valence-corrected chi connectivity index (χ0v) is 13.7. The summed E-state index contributed by atoms with van der Waals surface area (Å²) in [4.78, 5) is 11.7. The summed E-state index contributed by atoms with van der Waals surface area (Å²) in [5.74, 6) is -0.497. The van der Waals surface area contributed by atoms with Crippen LogP contribution in [0.5, 0.6) is 0 Å². The molecule has 0 fully saturated rings. The first-order valence-electron chi connectivity index (χ1n) is 8.93. The fraction of sp³-hybridized carbons (Fsp3) is 0.941. The van der Waals surface area contributed by atoms with Gasteiger partial charge in [-0.25, -0.2) is 0 Å². The molecule has 120 valence electrons. The first-order chi connectivity index (χ1) is 9.97. The van der Waals surface area contributed by atoms with Crippen molar-refractivity contribution in [3.63, 3.8) is 0 Å². The highest BCUT2D eigenvalue weighted by Gasteiger charge is 2.15. The van der Waals surface area contributed by atoms with Gasteiger partial charge in [0.15, 0.2) is 0 Å². The van der Waals surface area contributed by atoms with Crippen LogP contribution in [0.3, 0.4) is 0 Å². The van der Waals surface area contributed by atoms with Gasteiger partial charge in [-0.3, -0.25) is 4.79 Å². The van der Waals surface area contributed by atoms with E-state index in [1.54, 1.807) is 0 Å². The van der Waals surface area contributed by atoms with Crippen LogP contribution >= 0.6 is 0 Å². The Morgan fingerprint density at radius 1 is 1.05 bits per heavy atom. The number of esters is 1. The van der Waals surface area contributed by atoms with Crippen molar-refractivity contribution in [3.8, 4) is 0 Å². The summed E-state index contributed by atoms with van der Waals surface area (Å²) >= 11 is 0. The molecule has 2 unspecified atom stereocenters. The minimum Gasteiger partial charge on any atom is -0.465 e. The summed E-state index contributed by atoms with van der Waals surface area (Å²) in [5, 5.41) is 0. The lowest BCUT2D eigenvalue weighted by Crippen LogP contribution is -2.24. The largest absolute Gasteiger partial charge is 0.465 e. The monoisotopic (exact) mass is 286 g/mol. The Hall–Kier alpha value is -0.570. The van der Waals surface area contributed by atoms with E-state index in [9.17, 15) is 4.79 Å². The van der Waals surface area contributed by atoms with Gasteiger partial charge in [-0.15, -0.1) is 0 Å². The highest BCUT2D eigenvalue weighted by Crippen LogP contribution is 2.10. The van der Waals surface area contributed by atoms with Gasteiger partial charge in [0, 0.05) is 6.04 Å². The van der Waals surface area contributed by atoms with Crippen LogP contribution in [0.15, 0.2) is 0 Å². The van der Waals surface area contributed by atoms with E-state index in [4.69, 9.17) is 11.8 Å². The van der Waals surface area contributed by atoms with Gasteiger partial charge in [0.25, 0.3) is 0 Å². The molecule has 20 heavy (non-hydrogen) atoms. The molecule has 2 N–H and O–H groups in total. The van der Waals surface area contributed by atoms with E-state index < -0.39 is 6.58 Å². The van der Waals surface area contributed by atoms with E-state index >= 15 is 0 Å². The predicted molar refractivity (Wildman–Crippen MR) is 85.6 cm³/mol. The van der Waals surface area contributed by atoms with Gasteiger partial charge in [0.2, 0.25) is 0 Å². The van der Waals surface area contributed by atoms with Gasteiger partial charge < -0.3 is 10.5 Å². The Kier molecular flexibility index (Phi) is 11.7. The van der Waals surface area contributed by atoms with Gasteiger partial charge in [0.1, 0.15) is 0 Å². The van der Waals surface area contributed by atoms with Crippen LogP contribution in [0.1, 0.15) is 86.4 Å². The third-order valence-corrected chi connectivity index (χ3v) is 3.50. The summed E-state index contributed by atoms with van der Waals surface area (Å²) in [5.41, 5.74) is 5.66. The summed E-state index contributed by atoms with van der Waals surface area (Å²) in [7, 11) is 0. The fourth-order valence-corrected chi connectivity index (χ4v) is 2.27.